The minimum absolute atomic E-state index is 0.0494. The number of rotatable bonds is 9. The number of carbonyl (C=O) groups is 1. The molecule has 2 atom stereocenters. The number of fused-ring (bicyclic) bond motifs is 1. The molecule has 1 aromatic carbocycles. The first kappa shape index (κ1) is 24.0. The zero-order valence-electron chi connectivity index (χ0n) is 19.1. The summed E-state index contributed by atoms with van der Waals surface area (Å²) in [6, 6.07) is 9.84. The van der Waals surface area contributed by atoms with Crippen LogP contribution in [0.25, 0.3) is 11.3 Å². The fourth-order valence-corrected chi connectivity index (χ4v) is 5.76. The van der Waals surface area contributed by atoms with Crippen LogP contribution in [0.4, 0.5) is 0 Å². The van der Waals surface area contributed by atoms with Crippen molar-refractivity contribution in [2.24, 2.45) is 10.9 Å². The maximum Gasteiger partial charge on any atom is 0.263 e. The number of aliphatic imine (C=N–C) groups is 1. The number of aromatic nitrogens is 2. The predicted octanol–water partition coefficient (Wildman–Crippen LogP) is 3.41. The molecule has 34 heavy (non-hydrogen) atoms. The van der Waals surface area contributed by atoms with E-state index in [9.17, 15) is 13.2 Å². The predicted molar refractivity (Wildman–Crippen MR) is 133 cm³/mol. The van der Waals surface area contributed by atoms with Crippen molar-refractivity contribution < 1.29 is 13.2 Å². The van der Waals surface area contributed by atoms with Crippen LogP contribution in [0.5, 0.6) is 0 Å². The smallest absolute Gasteiger partial charge is 0.263 e. The summed E-state index contributed by atoms with van der Waals surface area (Å²) in [5.74, 6) is -0.0313. The number of nitrogens with one attached hydrogen (secondary N) is 2. The Bertz CT molecular complexity index is 1290. The summed E-state index contributed by atoms with van der Waals surface area (Å²) < 4.78 is 27.3. The number of nitrogens with zero attached hydrogens (tertiary/aromatic N) is 3. The summed E-state index contributed by atoms with van der Waals surface area (Å²) in [5, 5.41) is 6.01. The van der Waals surface area contributed by atoms with E-state index in [4.69, 9.17) is 0 Å². The van der Waals surface area contributed by atoms with Gasteiger partial charge in [0.15, 0.2) is 0 Å². The molecule has 0 aliphatic carbocycles. The minimum atomic E-state index is -3.65. The number of amides is 1. The summed E-state index contributed by atoms with van der Waals surface area (Å²) >= 11 is 1.60. The van der Waals surface area contributed by atoms with Crippen LogP contribution in [-0.4, -0.2) is 42.7 Å². The minimum Gasteiger partial charge on any atom is -0.354 e. The molecular weight excluding hydrogens is 470 g/mol. The Morgan fingerprint density at radius 3 is 2.74 bits per heavy atom. The van der Waals surface area contributed by atoms with Crippen molar-refractivity contribution in [3.63, 3.8) is 0 Å². The molecule has 1 aliphatic rings. The molecule has 1 amide bonds. The van der Waals surface area contributed by atoms with E-state index < -0.39 is 16.1 Å². The molecule has 10 heteroatoms. The molecule has 4 rings (SSSR count). The fourth-order valence-electron chi connectivity index (χ4n) is 3.67. The lowest BCUT2D eigenvalue weighted by Gasteiger charge is -2.19. The molecule has 0 unspecified atom stereocenters. The van der Waals surface area contributed by atoms with E-state index in [0.29, 0.717) is 12.1 Å². The van der Waals surface area contributed by atoms with E-state index in [2.05, 4.69) is 25.0 Å². The zero-order chi connectivity index (χ0) is 24.1. The van der Waals surface area contributed by atoms with Crippen LogP contribution in [-0.2, 0) is 21.2 Å². The van der Waals surface area contributed by atoms with Gasteiger partial charge in [0.2, 0.25) is 5.91 Å². The fraction of sp³-hybridized carbons (Fsp3) is 0.333. The van der Waals surface area contributed by atoms with Gasteiger partial charge in [0.25, 0.3) is 10.0 Å². The molecule has 2 aromatic heterocycles. The molecule has 0 radical (unpaired) electrons. The van der Waals surface area contributed by atoms with E-state index in [0.717, 1.165) is 35.5 Å². The maximum atomic E-state index is 13.0. The molecule has 0 bridgehead atoms. The maximum absolute atomic E-state index is 13.0. The first-order chi connectivity index (χ1) is 16.4. The third-order valence-electron chi connectivity index (χ3n) is 5.78. The van der Waals surface area contributed by atoms with Gasteiger partial charge in [-0.2, -0.15) is 0 Å². The van der Waals surface area contributed by atoms with Crippen molar-refractivity contribution in [1.29, 1.82) is 0 Å². The summed E-state index contributed by atoms with van der Waals surface area (Å²) in [6.45, 7) is 4.42. The van der Waals surface area contributed by atoms with Crippen molar-refractivity contribution in [2.45, 2.75) is 44.0 Å². The molecule has 3 aromatic rings. The van der Waals surface area contributed by atoms with E-state index in [-0.39, 0.29) is 22.6 Å². The Balaban J connectivity index is 1.38. The van der Waals surface area contributed by atoms with Crippen molar-refractivity contribution in [2.75, 3.05) is 6.54 Å². The third-order valence-corrected chi connectivity index (χ3v) is 8.08. The van der Waals surface area contributed by atoms with Gasteiger partial charge in [-0.15, -0.1) is 11.3 Å². The van der Waals surface area contributed by atoms with E-state index in [1.165, 1.54) is 6.07 Å². The highest BCUT2D eigenvalue weighted by molar-refractivity contribution is 7.90. The molecule has 3 heterocycles. The van der Waals surface area contributed by atoms with Crippen LogP contribution in [0.1, 0.15) is 37.3 Å². The largest absolute Gasteiger partial charge is 0.354 e. The summed E-state index contributed by atoms with van der Waals surface area (Å²) in [6.07, 6.45) is 5.73. The van der Waals surface area contributed by atoms with Crippen LogP contribution in [0.3, 0.4) is 0 Å². The van der Waals surface area contributed by atoms with Crippen molar-refractivity contribution in [3.8, 4) is 11.3 Å². The molecule has 0 saturated heterocycles. The average molecular weight is 498 g/mol. The molecule has 0 fully saturated rings. The number of sulfonamides is 1. The Kier molecular flexibility index (Phi) is 7.38. The number of pyridine rings is 1. The molecule has 0 spiro atoms. The zero-order valence-corrected chi connectivity index (χ0v) is 20.7. The Labute approximate surface area is 203 Å². The number of amidine groups is 1. The lowest BCUT2D eigenvalue weighted by Crippen LogP contribution is -2.39. The second-order valence-electron chi connectivity index (χ2n) is 8.17. The van der Waals surface area contributed by atoms with Gasteiger partial charge in [0.1, 0.15) is 11.9 Å². The Morgan fingerprint density at radius 2 is 1.97 bits per heavy atom. The van der Waals surface area contributed by atoms with Crippen molar-refractivity contribution >= 4 is 33.1 Å². The van der Waals surface area contributed by atoms with E-state index >= 15 is 0 Å². The Hall–Kier alpha value is -3.11. The van der Waals surface area contributed by atoms with Crippen LogP contribution in [0, 0.1) is 5.92 Å². The van der Waals surface area contributed by atoms with E-state index in [1.54, 1.807) is 41.9 Å². The number of hydrogen-bond acceptors (Lipinski definition) is 7. The molecule has 178 valence electrons. The number of carbonyl (C=O) groups excluding carboxylic acids is 1. The van der Waals surface area contributed by atoms with Crippen LogP contribution < -0.4 is 10.0 Å². The van der Waals surface area contributed by atoms with Gasteiger partial charge < -0.3 is 5.32 Å². The molecule has 1 aliphatic heterocycles. The van der Waals surface area contributed by atoms with Crippen molar-refractivity contribution in [3.05, 3.63) is 64.7 Å². The lowest BCUT2D eigenvalue weighted by atomic mass is 9.98. The highest BCUT2D eigenvalue weighted by Gasteiger charge is 2.33. The van der Waals surface area contributed by atoms with Gasteiger partial charge >= 0.3 is 0 Å². The highest BCUT2D eigenvalue weighted by Crippen LogP contribution is 2.24. The van der Waals surface area contributed by atoms with Gasteiger partial charge in [0, 0.05) is 41.9 Å². The first-order valence-corrected chi connectivity index (χ1v) is 13.6. The van der Waals surface area contributed by atoms with E-state index in [1.807, 2.05) is 31.4 Å². The second kappa shape index (κ2) is 10.4. The summed E-state index contributed by atoms with van der Waals surface area (Å²) in [4.78, 5) is 26.4. The standard InChI is InChI=1S/C24H27N5O3S2/c1-3-16(2)22(28-23-18-7-4-5-8-20(18)34(31,32)29-23)24(30)26-12-6-9-21-27-19(15-33-21)17-10-13-25-14-11-17/h4-5,7-8,10-11,13-16,22H,3,6,9,12H2,1-2H3,(H,26,30)(H,28,29)/t16-,22-/m0/s1. The number of thiazole rings is 1. The molecule has 0 saturated carbocycles. The summed E-state index contributed by atoms with van der Waals surface area (Å²) in [7, 11) is -3.65. The van der Waals surface area contributed by atoms with Crippen LogP contribution in [0.2, 0.25) is 0 Å². The lowest BCUT2D eigenvalue weighted by molar-refractivity contribution is -0.123. The average Bonchev–Trinajstić information content (AvgIpc) is 3.42. The normalized spacial score (nSPS) is 17.1. The number of hydrogen-bond donors (Lipinski definition) is 2. The molecular formula is C24H27N5O3S2. The van der Waals surface area contributed by atoms with Crippen LogP contribution in [0.15, 0.2) is 64.1 Å². The van der Waals surface area contributed by atoms with Crippen molar-refractivity contribution in [1.82, 2.24) is 20.0 Å². The van der Waals surface area contributed by atoms with Gasteiger partial charge in [-0.25, -0.2) is 13.4 Å². The van der Waals surface area contributed by atoms with Crippen LogP contribution >= 0.6 is 11.3 Å². The third kappa shape index (κ3) is 5.34. The SMILES string of the molecule is CC[C@H](C)[C@H](N=C1NS(=O)(=O)c2ccccc21)C(=O)NCCCc1nc(-c2ccncc2)cs1. The monoisotopic (exact) mass is 497 g/mol. The molecule has 8 nitrogen and oxygen atoms in total. The van der Waals surface area contributed by atoms with Gasteiger partial charge in [-0.1, -0.05) is 32.4 Å². The summed E-state index contributed by atoms with van der Waals surface area (Å²) in [5.41, 5.74) is 2.46. The quantitative estimate of drug-likeness (QED) is 0.440. The molecule has 2 N–H and O–H groups in total. The highest BCUT2D eigenvalue weighted by atomic mass is 32.2. The van der Waals surface area contributed by atoms with Gasteiger partial charge in [-0.3, -0.25) is 19.5 Å². The first-order valence-electron chi connectivity index (χ1n) is 11.2. The van der Waals surface area contributed by atoms with Gasteiger partial charge in [-0.05, 0) is 36.6 Å². The number of benzene rings is 1. The van der Waals surface area contributed by atoms with Gasteiger partial charge in [0.05, 0.1) is 15.6 Å². The Morgan fingerprint density at radius 1 is 1.21 bits per heavy atom. The number of aryl methyl sites for hydroxylation is 1. The second-order valence-corrected chi connectivity index (χ2v) is 10.8. The topological polar surface area (TPSA) is 113 Å².